The Kier molecular flexibility index (Phi) is 5.58. The average Bonchev–Trinajstić information content (AvgIpc) is 2.84. The number of aliphatic hydroxyl groups is 2. The number of hydrogen-bond acceptors (Lipinski definition) is 5. The molecule has 2 heterocycles. The van der Waals surface area contributed by atoms with Crippen molar-refractivity contribution < 1.29 is 14.9 Å². The molecule has 1 aromatic heterocycles. The van der Waals surface area contributed by atoms with Crippen LogP contribution in [0.15, 0.2) is 11.4 Å². The third kappa shape index (κ3) is 4.58. The van der Waals surface area contributed by atoms with Gasteiger partial charge in [-0.2, -0.15) is 0 Å². The van der Waals surface area contributed by atoms with E-state index < -0.39 is 5.60 Å². The molecule has 1 aliphatic heterocycles. The van der Waals surface area contributed by atoms with Crippen molar-refractivity contribution in [2.24, 2.45) is 0 Å². The van der Waals surface area contributed by atoms with E-state index >= 15 is 0 Å². The maximum atomic E-state index is 10.5. The van der Waals surface area contributed by atoms with Gasteiger partial charge in [-0.15, -0.1) is 11.3 Å². The van der Waals surface area contributed by atoms with Crippen molar-refractivity contribution in [3.05, 3.63) is 21.9 Å². The second-order valence-corrected chi connectivity index (χ2v) is 6.27. The Bertz CT molecular complexity index is 483. The number of likely N-dealkylation sites (N-methyl/N-ethyl adjacent to an activating group) is 1. The number of ether oxygens (including phenoxy) is 1. The minimum atomic E-state index is -0.621. The summed E-state index contributed by atoms with van der Waals surface area (Å²) in [6.07, 6.45) is 1.41. The highest BCUT2D eigenvalue weighted by Gasteiger charge is 2.30. The second-order valence-electron chi connectivity index (χ2n) is 5.27. The van der Waals surface area contributed by atoms with Crippen LogP contribution in [0.4, 0.5) is 0 Å². The molecule has 0 radical (unpaired) electrons. The van der Waals surface area contributed by atoms with Crippen LogP contribution in [-0.4, -0.2) is 54.1 Å². The number of hydrogen-bond donors (Lipinski definition) is 2. The minimum absolute atomic E-state index is 0.111. The van der Waals surface area contributed by atoms with E-state index in [2.05, 4.69) is 16.7 Å². The van der Waals surface area contributed by atoms with Crippen LogP contribution < -0.4 is 0 Å². The first-order valence-electron chi connectivity index (χ1n) is 6.77. The molecular weight excluding hydrogens is 274 g/mol. The summed E-state index contributed by atoms with van der Waals surface area (Å²) < 4.78 is 5.29. The van der Waals surface area contributed by atoms with E-state index in [1.807, 2.05) is 18.5 Å². The molecule has 20 heavy (non-hydrogen) atoms. The summed E-state index contributed by atoms with van der Waals surface area (Å²) >= 11 is 1.66. The Labute approximate surface area is 124 Å². The summed E-state index contributed by atoms with van der Waals surface area (Å²) in [6, 6.07) is 2.04. The highest BCUT2D eigenvalue weighted by molar-refractivity contribution is 7.10. The lowest BCUT2D eigenvalue weighted by molar-refractivity contribution is -0.0776. The summed E-state index contributed by atoms with van der Waals surface area (Å²) in [4.78, 5) is 3.35. The highest BCUT2D eigenvalue weighted by Crippen LogP contribution is 2.23. The molecule has 1 saturated heterocycles. The highest BCUT2D eigenvalue weighted by atomic mass is 32.1. The van der Waals surface area contributed by atoms with Gasteiger partial charge in [-0.25, -0.2) is 0 Å². The monoisotopic (exact) mass is 295 g/mol. The Hall–Kier alpha value is -0.900. The van der Waals surface area contributed by atoms with E-state index in [-0.39, 0.29) is 6.61 Å². The van der Waals surface area contributed by atoms with Gasteiger partial charge in [-0.3, -0.25) is 4.90 Å². The fourth-order valence-electron chi connectivity index (χ4n) is 2.40. The SMILES string of the molecule is CN(Cc1cc(C#CCO)cs1)CC1(O)CCOCC1. The standard InChI is InChI=1S/C15H21NO3S/c1-16(12-15(18)4-7-19-8-5-15)10-14-9-13(11-20-14)3-2-6-17/h9,11,17-18H,4-8,10,12H2,1H3. The Morgan fingerprint density at radius 2 is 2.20 bits per heavy atom. The van der Waals surface area contributed by atoms with Crippen molar-refractivity contribution in [2.75, 3.05) is 33.4 Å². The number of rotatable bonds is 4. The third-order valence-electron chi connectivity index (χ3n) is 3.38. The molecule has 1 fully saturated rings. The zero-order valence-corrected chi connectivity index (χ0v) is 12.6. The van der Waals surface area contributed by atoms with Gasteiger partial charge in [-0.1, -0.05) is 11.8 Å². The van der Waals surface area contributed by atoms with Crippen LogP contribution >= 0.6 is 11.3 Å². The fourth-order valence-corrected chi connectivity index (χ4v) is 3.30. The molecule has 5 heteroatoms. The molecule has 0 bridgehead atoms. The van der Waals surface area contributed by atoms with Crippen LogP contribution in [0.2, 0.25) is 0 Å². The molecule has 0 atom stereocenters. The van der Waals surface area contributed by atoms with Crippen LogP contribution in [0.25, 0.3) is 0 Å². The van der Waals surface area contributed by atoms with Crippen LogP contribution in [0, 0.1) is 11.8 Å². The molecule has 110 valence electrons. The second kappa shape index (κ2) is 7.21. The molecule has 4 nitrogen and oxygen atoms in total. The molecular formula is C15H21NO3S. The van der Waals surface area contributed by atoms with Crippen LogP contribution in [0.1, 0.15) is 23.3 Å². The quantitative estimate of drug-likeness (QED) is 0.816. The van der Waals surface area contributed by atoms with E-state index in [0.29, 0.717) is 32.6 Å². The normalized spacial score (nSPS) is 17.8. The Morgan fingerprint density at radius 3 is 2.90 bits per heavy atom. The lowest BCUT2D eigenvalue weighted by atomic mass is 9.94. The average molecular weight is 295 g/mol. The van der Waals surface area contributed by atoms with Gasteiger partial charge in [0.15, 0.2) is 0 Å². The lowest BCUT2D eigenvalue weighted by Gasteiger charge is -2.35. The van der Waals surface area contributed by atoms with E-state index in [9.17, 15) is 5.11 Å². The molecule has 0 aliphatic carbocycles. The van der Waals surface area contributed by atoms with Crippen molar-refractivity contribution in [1.82, 2.24) is 4.90 Å². The van der Waals surface area contributed by atoms with E-state index in [1.54, 1.807) is 11.3 Å². The van der Waals surface area contributed by atoms with Crippen molar-refractivity contribution in [2.45, 2.75) is 25.0 Å². The summed E-state index contributed by atoms with van der Waals surface area (Å²) in [7, 11) is 2.02. The maximum absolute atomic E-state index is 10.5. The Morgan fingerprint density at radius 1 is 1.45 bits per heavy atom. The van der Waals surface area contributed by atoms with Gasteiger partial charge in [0.1, 0.15) is 6.61 Å². The first-order chi connectivity index (χ1) is 9.61. The summed E-state index contributed by atoms with van der Waals surface area (Å²) in [5.74, 6) is 5.55. The first-order valence-corrected chi connectivity index (χ1v) is 7.65. The van der Waals surface area contributed by atoms with E-state index in [4.69, 9.17) is 9.84 Å². The van der Waals surface area contributed by atoms with Gasteiger partial charge in [0, 0.05) is 55.0 Å². The smallest absolute Gasteiger partial charge is 0.104 e. The molecule has 0 amide bonds. The largest absolute Gasteiger partial charge is 0.388 e. The molecule has 2 rings (SSSR count). The summed E-state index contributed by atoms with van der Waals surface area (Å²) in [6.45, 7) is 2.63. The molecule has 1 aromatic rings. The molecule has 1 aliphatic rings. The van der Waals surface area contributed by atoms with Crippen LogP contribution in [-0.2, 0) is 11.3 Å². The zero-order valence-electron chi connectivity index (χ0n) is 11.8. The van der Waals surface area contributed by atoms with Crippen molar-refractivity contribution in [3.8, 4) is 11.8 Å². The molecule has 0 unspecified atom stereocenters. The van der Waals surface area contributed by atoms with Gasteiger partial charge in [0.2, 0.25) is 0 Å². The Balaban J connectivity index is 1.87. The van der Waals surface area contributed by atoms with Crippen LogP contribution in [0.5, 0.6) is 0 Å². The number of aliphatic hydroxyl groups excluding tert-OH is 1. The lowest BCUT2D eigenvalue weighted by Crippen LogP contribution is -2.45. The molecule has 0 aromatic carbocycles. The molecule has 0 saturated carbocycles. The van der Waals surface area contributed by atoms with Gasteiger partial charge in [0.25, 0.3) is 0 Å². The summed E-state index contributed by atoms with van der Waals surface area (Å²) in [5.41, 5.74) is 0.321. The molecule has 0 spiro atoms. The van der Waals surface area contributed by atoms with Gasteiger partial charge >= 0.3 is 0 Å². The fraction of sp³-hybridized carbons (Fsp3) is 0.600. The van der Waals surface area contributed by atoms with Crippen molar-refractivity contribution in [3.63, 3.8) is 0 Å². The van der Waals surface area contributed by atoms with E-state index in [1.165, 1.54) is 4.88 Å². The predicted molar refractivity (Wildman–Crippen MR) is 79.6 cm³/mol. The molecule has 2 N–H and O–H groups in total. The topological polar surface area (TPSA) is 52.9 Å². The minimum Gasteiger partial charge on any atom is -0.388 e. The van der Waals surface area contributed by atoms with Gasteiger partial charge < -0.3 is 14.9 Å². The predicted octanol–water partition coefficient (Wildman–Crippen LogP) is 1.07. The maximum Gasteiger partial charge on any atom is 0.104 e. The first kappa shape index (κ1) is 15.5. The van der Waals surface area contributed by atoms with Crippen molar-refractivity contribution >= 4 is 11.3 Å². The van der Waals surface area contributed by atoms with Gasteiger partial charge in [-0.05, 0) is 13.1 Å². The number of thiophene rings is 1. The summed E-state index contributed by atoms with van der Waals surface area (Å²) in [5, 5.41) is 21.1. The number of nitrogens with zero attached hydrogens (tertiary/aromatic N) is 1. The van der Waals surface area contributed by atoms with E-state index in [0.717, 1.165) is 12.1 Å². The van der Waals surface area contributed by atoms with Gasteiger partial charge in [0.05, 0.1) is 5.60 Å². The van der Waals surface area contributed by atoms with Crippen molar-refractivity contribution in [1.29, 1.82) is 0 Å². The third-order valence-corrected chi connectivity index (χ3v) is 4.30. The van der Waals surface area contributed by atoms with Crippen LogP contribution in [0.3, 0.4) is 0 Å². The zero-order chi connectivity index (χ0) is 14.4.